The molecule has 370 valence electrons. The van der Waals surface area contributed by atoms with Gasteiger partial charge in [-0.15, -0.1) is 0 Å². The number of aliphatic carboxylic acids is 3. The number of fused-ring (bicyclic) bond motifs is 1. The number of carboxylic acid groups (broad SMARTS) is 3. The Morgan fingerprint density at radius 1 is 0.928 bits per heavy atom. The van der Waals surface area contributed by atoms with Crippen LogP contribution in [-0.2, 0) is 124 Å². The third-order valence-electron chi connectivity index (χ3n) is 11.0. The van der Waals surface area contributed by atoms with Crippen LogP contribution in [0.5, 0.6) is 0 Å². The van der Waals surface area contributed by atoms with Gasteiger partial charge in [-0.25, -0.2) is 9.78 Å². The number of halogens is 1. The first-order chi connectivity index (χ1) is 31.4. The van der Waals surface area contributed by atoms with Crippen molar-refractivity contribution in [2.75, 3.05) is 46.7 Å². The number of carbonyl (C=O) groups excluding carboxylic acids is 6. The summed E-state index contributed by atoms with van der Waals surface area (Å²) in [4.78, 5) is 107. The topological polar surface area (TPSA) is 381 Å². The van der Waals surface area contributed by atoms with Crippen LogP contribution in [0.25, 0.3) is 11.2 Å². The molecule has 2 aromatic heterocycles. The maximum atomic E-state index is 12.6. The Hall–Kier alpha value is -0.475. The van der Waals surface area contributed by atoms with Gasteiger partial charge in [0.2, 0.25) is 0 Å². The molecule has 0 saturated heterocycles. The van der Waals surface area contributed by atoms with Gasteiger partial charge in [0.1, 0.15) is 5.52 Å². The smallest absolute Gasteiger partial charge is 0.339 e. The van der Waals surface area contributed by atoms with Gasteiger partial charge >= 0.3 is 428 Å². The molecule has 6 amide bonds. The van der Waals surface area contributed by atoms with E-state index in [4.69, 9.17) is 36.3 Å². The third kappa shape index (κ3) is 27.1. The summed E-state index contributed by atoms with van der Waals surface area (Å²) in [6.45, 7) is 6.30. The van der Waals surface area contributed by atoms with E-state index in [1.807, 2.05) is 19.2 Å². The first kappa shape index (κ1) is 72.8. The molecule has 25 nitrogen and oxygen atoms in total. The molecule has 1 fully saturated rings. The van der Waals surface area contributed by atoms with Gasteiger partial charge in [0.05, 0.1) is 6.33 Å². The monoisotopic (exact) mass is 1610 g/mol. The van der Waals surface area contributed by atoms with Crippen molar-refractivity contribution >= 4 is 69.4 Å². The van der Waals surface area contributed by atoms with E-state index in [0.717, 1.165) is 12.4 Å². The molecule has 1 aliphatic rings. The molecular formula is C37H60ClHg3N9Na2O16S. The molecule has 0 spiro atoms. The maximum absolute atomic E-state index is 12.6. The number of imide groups is 1. The van der Waals surface area contributed by atoms with Crippen molar-refractivity contribution in [3.63, 3.8) is 0 Å². The fraction of sp³-hybridized carbons (Fsp3) is 0.676. The second-order valence-electron chi connectivity index (χ2n) is 15.7. The van der Waals surface area contributed by atoms with E-state index < -0.39 is 118 Å². The number of aromatic nitrogens is 4. The molecule has 69 heavy (non-hydrogen) atoms. The van der Waals surface area contributed by atoms with Crippen molar-refractivity contribution in [3.05, 3.63) is 27.2 Å². The van der Waals surface area contributed by atoms with Gasteiger partial charge < -0.3 is 4.98 Å². The third-order valence-corrected chi connectivity index (χ3v) is 31.8. The number of ether oxygens (including phenoxy) is 3. The fourth-order valence-electron chi connectivity index (χ4n) is 6.35. The largest absolute Gasteiger partial charge is 1.00 e. The average molecular weight is 1600 g/mol. The van der Waals surface area contributed by atoms with Crippen molar-refractivity contribution < 1.29 is 197 Å². The number of carboxylic acids is 3. The molecule has 0 radical (unpaired) electrons. The zero-order chi connectivity index (χ0) is 51.5. The van der Waals surface area contributed by atoms with Crippen LogP contribution < -0.4 is 108 Å². The molecule has 1 aliphatic carbocycles. The number of H-pyrrole nitrogens is 1. The summed E-state index contributed by atoms with van der Waals surface area (Å²) in [6.07, 6.45) is 1.46. The van der Waals surface area contributed by atoms with Gasteiger partial charge in [0.25, 0.3) is 5.56 Å². The number of primary amides is 1. The summed E-state index contributed by atoms with van der Waals surface area (Å²) in [5.41, 5.74) is 3.17. The number of aryl methyl sites for hydroxylation is 1. The molecule has 3 rings (SSSR count). The number of imidazole rings is 1. The van der Waals surface area contributed by atoms with Gasteiger partial charge in [-0.3, -0.25) is 13.9 Å². The molecule has 5 unspecified atom stereocenters. The van der Waals surface area contributed by atoms with Gasteiger partial charge in [-0.1, -0.05) is 0 Å². The quantitative estimate of drug-likeness (QED) is 0.0378. The number of methoxy groups -OCH3 is 3. The van der Waals surface area contributed by atoms with Crippen molar-refractivity contribution in [1.82, 2.24) is 40.4 Å². The molecule has 5 atom stereocenters. The van der Waals surface area contributed by atoms with Crippen molar-refractivity contribution in [2.24, 2.45) is 36.6 Å². The number of hydrogen-bond acceptors (Lipinski definition) is 17. The zero-order valence-electron chi connectivity index (χ0n) is 41.1. The van der Waals surface area contributed by atoms with E-state index in [2.05, 4.69) is 25.9 Å². The summed E-state index contributed by atoms with van der Waals surface area (Å²) in [7, 11) is 14.8. The van der Waals surface area contributed by atoms with Crippen LogP contribution >= 0.6 is 16.5 Å². The number of nitrogens with one attached hydrogen (secondary N) is 5. The number of urea groups is 2. The van der Waals surface area contributed by atoms with Crippen LogP contribution in [0.2, 0.25) is 11.8 Å². The molecule has 0 bridgehead atoms. The molecule has 2 heterocycles. The van der Waals surface area contributed by atoms with Crippen molar-refractivity contribution in [3.8, 4) is 0 Å². The Balaban J connectivity index is -0.000000874. The molecule has 32 heteroatoms. The minimum absolute atomic E-state index is 0. The second kappa shape index (κ2) is 39.0. The predicted octanol–water partition coefficient (Wildman–Crippen LogP) is -8.40. The zero-order valence-corrected chi connectivity index (χ0v) is 63.2. The summed E-state index contributed by atoms with van der Waals surface area (Å²) in [5.74, 6) is -4.41. The van der Waals surface area contributed by atoms with E-state index in [9.17, 15) is 53.4 Å². The van der Waals surface area contributed by atoms with E-state index in [1.54, 1.807) is 28.2 Å². The normalized spacial score (nSPS) is 16.2. The minimum Gasteiger partial charge on any atom is -0.339 e. The van der Waals surface area contributed by atoms with Crippen LogP contribution in [0.4, 0.5) is 9.59 Å². The number of aromatic amines is 1. The van der Waals surface area contributed by atoms with Crippen LogP contribution in [0.3, 0.4) is 0 Å². The number of nitrogens with two attached hydrogens (primary N) is 1. The van der Waals surface area contributed by atoms with E-state index in [0.29, 0.717) is 41.0 Å². The number of hydrogen-bond donors (Lipinski definition) is 8. The maximum Gasteiger partial charge on any atom is 1.00 e. The van der Waals surface area contributed by atoms with Gasteiger partial charge in [-0.2, -0.15) is 0 Å². The molecule has 0 aromatic carbocycles. The van der Waals surface area contributed by atoms with Crippen LogP contribution in [0.1, 0.15) is 46.5 Å². The molecule has 2 aromatic rings. The van der Waals surface area contributed by atoms with Crippen LogP contribution in [0.15, 0.2) is 15.9 Å². The van der Waals surface area contributed by atoms with Crippen LogP contribution in [-0.4, -0.2) is 134 Å². The van der Waals surface area contributed by atoms with Gasteiger partial charge in [0.15, 0.2) is 5.65 Å². The standard InChI is InChI=1S/C14H24NO4.C9H15N2O5.C7H8N4O2.C5H11N2O2.C2H4O2S.ClH.3Hg.2Na.H2O/c1-9(19-5)8-15-11(16)10-6-7-14(4,12(17)18)13(10,2)3;1-6(16-2)5-10-9(15)11-7(12)3-4-8(13)14;1-10-5-4(8-3-9-5)6(12)11(2)7(10)13;1-4(9-2)3-7-5(6)8;3-2(4)1-5;;;;;;;/h9-10H,1,6-8H2,2-5H3,(H,15,16)(H,17,18);6H,1,3-5H2,2H3,(H,13,14)(H2,10,11,12,15);3H,1-2H3,(H,8,9);4H,1,3H2,2H3,(H3,6,7,8);5H,1H2,(H,3,4);1H;;;;;;1H2/q;;;;;;5*+1;/p-5. The first-order valence-corrected chi connectivity index (χ1v) is 49.6. The number of nitrogens with zero attached hydrogens (tertiary/aromatic N) is 3. The number of rotatable bonds is 23. The van der Waals surface area contributed by atoms with Crippen LogP contribution in [0, 0.1) is 16.7 Å². The van der Waals surface area contributed by atoms with Crippen molar-refractivity contribution in [1.29, 1.82) is 0 Å². The second-order valence-corrected chi connectivity index (χ2v) is 39.5. The Morgan fingerprint density at radius 2 is 1.48 bits per heavy atom. The summed E-state index contributed by atoms with van der Waals surface area (Å²) < 4.78 is 29.0. The first-order valence-electron chi connectivity index (χ1n) is 20.8. The Bertz CT molecular complexity index is 2060. The minimum atomic E-state index is -1.81. The summed E-state index contributed by atoms with van der Waals surface area (Å²) >= 11 is -4.39. The van der Waals surface area contributed by atoms with Crippen molar-refractivity contribution in [2.45, 2.75) is 76.6 Å². The fourth-order valence-corrected chi connectivity index (χ4v) is 25.1. The molecule has 9 N–H and O–H groups in total. The Kier molecular flexibility index (Phi) is 41.1. The number of carbonyl (C=O) groups is 7. The Morgan fingerprint density at radius 3 is 1.97 bits per heavy atom. The van der Waals surface area contributed by atoms with Gasteiger partial charge in [0, 0.05) is 14.1 Å². The summed E-state index contributed by atoms with van der Waals surface area (Å²) in [5, 5.41) is 40.0. The van der Waals surface area contributed by atoms with Gasteiger partial charge in [-0.05, 0) is 0 Å². The average Bonchev–Trinajstić information content (AvgIpc) is 3.87. The Labute approximate surface area is 487 Å². The molecule has 0 aliphatic heterocycles. The van der Waals surface area contributed by atoms with E-state index >= 15 is 0 Å². The summed E-state index contributed by atoms with van der Waals surface area (Å²) in [6, 6.07) is -1.21. The molecular weight excluding hydrogens is 1540 g/mol. The number of amides is 6. The SMILES string of the molecule is COC(CNC(=O)C1CCC(C)(C(=O)[O-])C1(C)C)[CH2][Hg][S]CC(=O)[O-].COC(CNC(=O)NC(=O)CCC(=O)O)[CH2][Hg][OH].COC(CNC(N)=O)[CH2][Hg][Cl].Cn1c(=O)c2[nH]cnc2n(C)c1=O.[Na+].[Na+]. The molecule has 1 saturated carbocycles. The van der Waals surface area contributed by atoms with E-state index in [-0.39, 0.29) is 126 Å². The van der Waals surface area contributed by atoms with E-state index in [1.165, 1.54) is 33.3 Å². The predicted molar refractivity (Wildman–Crippen MR) is 228 cm³/mol.